The van der Waals surface area contributed by atoms with Crippen molar-refractivity contribution in [3.05, 3.63) is 42.2 Å². The molecule has 3 rings (SSSR count). The summed E-state index contributed by atoms with van der Waals surface area (Å²) in [5.74, 6) is 0.950. The molecule has 0 aliphatic rings. The van der Waals surface area contributed by atoms with E-state index in [-0.39, 0.29) is 0 Å². The predicted octanol–water partition coefficient (Wildman–Crippen LogP) is 3.48. The highest BCUT2D eigenvalue weighted by molar-refractivity contribution is 6.08. The first-order valence-corrected chi connectivity index (χ1v) is 8.38. The lowest BCUT2D eigenvalue weighted by molar-refractivity contribution is 0.0601. The Morgan fingerprint density at radius 2 is 2.20 bits per heavy atom. The zero-order valence-corrected chi connectivity index (χ0v) is 14.6. The Balaban J connectivity index is 2.30. The number of anilines is 1. The van der Waals surface area contributed by atoms with Crippen molar-refractivity contribution < 1.29 is 9.53 Å². The molecular weight excluding hydrogens is 316 g/mol. The molecule has 25 heavy (non-hydrogen) atoms. The Kier molecular flexibility index (Phi) is 4.70. The number of nitrogens with two attached hydrogens (primary N) is 1. The third-order valence-electron chi connectivity index (χ3n) is 4.27. The van der Waals surface area contributed by atoms with Gasteiger partial charge in [0.1, 0.15) is 11.3 Å². The van der Waals surface area contributed by atoms with Gasteiger partial charge in [0.25, 0.3) is 0 Å². The van der Waals surface area contributed by atoms with Gasteiger partial charge in [-0.2, -0.15) is 0 Å². The van der Waals surface area contributed by atoms with Gasteiger partial charge < -0.3 is 15.0 Å². The molecule has 3 aromatic rings. The molecule has 0 atom stereocenters. The number of carbonyl (C=O) groups is 1. The van der Waals surface area contributed by atoms with Crippen LogP contribution < -0.4 is 5.73 Å². The number of imidazole rings is 1. The second kappa shape index (κ2) is 6.93. The Bertz CT molecular complexity index is 959. The number of pyridine rings is 1. The lowest BCUT2D eigenvalue weighted by Crippen LogP contribution is -2.04. The van der Waals surface area contributed by atoms with Crippen LogP contribution in [0.4, 0.5) is 5.82 Å². The van der Waals surface area contributed by atoms with Gasteiger partial charge in [-0.05, 0) is 24.6 Å². The molecule has 0 aliphatic carbocycles. The van der Waals surface area contributed by atoms with Crippen LogP contribution in [0.2, 0.25) is 0 Å². The molecule has 0 saturated heterocycles. The van der Waals surface area contributed by atoms with Gasteiger partial charge in [0, 0.05) is 18.4 Å². The number of benzene rings is 1. The minimum Gasteiger partial charge on any atom is -0.465 e. The number of unbranched alkanes of at least 4 members (excludes halogenated alkanes) is 1. The van der Waals surface area contributed by atoms with Crippen LogP contribution in [0.25, 0.3) is 21.9 Å². The molecule has 0 saturated carbocycles. The minimum atomic E-state index is -0.398. The number of nitrogen functional groups attached to an aromatic ring is 1. The van der Waals surface area contributed by atoms with Crippen LogP contribution in [0.15, 0.2) is 30.9 Å². The summed E-state index contributed by atoms with van der Waals surface area (Å²) in [4.78, 5) is 21.0. The fraction of sp³-hybridized carbons (Fsp3) is 0.316. The second-order valence-electron chi connectivity index (χ2n) is 5.95. The summed E-state index contributed by atoms with van der Waals surface area (Å²) in [5, 5.41) is 0.911. The SMILES string of the molecule is C=CCn1c(CCCC)nc2c(N)nc3cc(C(=O)OC)ccc3c21. The third-order valence-corrected chi connectivity index (χ3v) is 4.27. The molecule has 6 heteroatoms. The highest BCUT2D eigenvalue weighted by Crippen LogP contribution is 2.30. The molecule has 0 bridgehead atoms. The van der Waals surface area contributed by atoms with Crippen molar-refractivity contribution in [3.8, 4) is 0 Å². The summed E-state index contributed by atoms with van der Waals surface area (Å²) >= 11 is 0. The second-order valence-corrected chi connectivity index (χ2v) is 5.95. The summed E-state index contributed by atoms with van der Waals surface area (Å²) in [6.45, 7) is 6.66. The number of hydrogen-bond donors (Lipinski definition) is 1. The Labute approximate surface area is 146 Å². The Morgan fingerprint density at radius 1 is 1.40 bits per heavy atom. The van der Waals surface area contributed by atoms with Crippen LogP contribution in [-0.4, -0.2) is 27.6 Å². The van der Waals surface area contributed by atoms with Crippen molar-refractivity contribution in [3.63, 3.8) is 0 Å². The molecule has 130 valence electrons. The largest absolute Gasteiger partial charge is 0.465 e. The number of fused-ring (bicyclic) bond motifs is 3. The first kappa shape index (κ1) is 17.0. The smallest absolute Gasteiger partial charge is 0.337 e. The normalized spacial score (nSPS) is 11.1. The number of aromatic nitrogens is 3. The van der Waals surface area contributed by atoms with Crippen LogP contribution >= 0.6 is 0 Å². The first-order valence-electron chi connectivity index (χ1n) is 8.38. The van der Waals surface area contributed by atoms with E-state index in [0.29, 0.717) is 29.0 Å². The van der Waals surface area contributed by atoms with E-state index in [4.69, 9.17) is 15.5 Å². The van der Waals surface area contributed by atoms with Crippen LogP contribution in [0.5, 0.6) is 0 Å². The molecule has 0 spiro atoms. The number of esters is 1. The number of rotatable bonds is 6. The van der Waals surface area contributed by atoms with Gasteiger partial charge >= 0.3 is 5.97 Å². The standard InChI is InChI=1S/C19H22N4O2/c1-4-6-7-15-22-16-17(23(15)10-5-2)13-9-8-12(19(24)25-3)11-14(13)21-18(16)20/h5,8-9,11H,2,4,6-7,10H2,1,3H3,(H2,20,21). The number of allylic oxidation sites excluding steroid dienone is 1. The number of methoxy groups -OCH3 is 1. The van der Waals surface area contributed by atoms with E-state index in [1.807, 2.05) is 12.1 Å². The van der Waals surface area contributed by atoms with E-state index >= 15 is 0 Å². The zero-order valence-electron chi connectivity index (χ0n) is 14.6. The molecule has 1 aromatic carbocycles. The molecule has 0 aliphatic heterocycles. The van der Waals surface area contributed by atoms with Crippen molar-refractivity contribution >= 4 is 33.7 Å². The third kappa shape index (κ3) is 2.95. The molecule has 2 N–H and O–H groups in total. The summed E-state index contributed by atoms with van der Waals surface area (Å²) < 4.78 is 6.92. The number of nitrogens with zero attached hydrogens (tertiary/aromatic N) is 3. The molecular formula is C19H22N4O2. The van der Waals surface area contributed by atoms with Crippen LogP contribution in [0.1, 0.15) is 35.9 Å². The quantitative estimate of drug-likeness (QED) is 0.549. The highest BCUT2D eigenvalue weighted by Gasteiger charge is 2.17. The van der Waals surface area contributed by atoms with E-state index in [0.717, 1.165) is 36.0 Å². The topological polar surface area (TPSA) is 83.0 Å². The van der Waals surface area contributed by atoms with Gasteiger partial charge in [-0.3, -0.25) is 0 Å². The van der Waals surface area contributed by atoms with Gasteiger partial charge in [0.15, 0.2) is 5.82 Å². The fourth-order valence-corrected chi connectivity index (χ4v) is 3.05. The van der Waals surface area contributed by atoms with E-state index in [2.05, 4.69) is 23.1 Å². The number of hydrogen-bond acceptors (Lipinski definition) is 5. The lowest BCUT2D eigenvalue weighted by atomic mass is 10.1. The lowest BCUT2D eigenvalue weighted by Gasteiger charge is -2.09. The number of ether oxygens (including phenoxy) is 1. The molecule has 0 fully saturated rings. The summed E-state index contributed by atoms with van der Waals surface area (Å²) in [6.07, 6.45) is 4.87. The van der Waals surface area contributed by atoms with Gasteiger partial charge in [-0.25, -0.2) is 14.8 Å². The van der Waals surface area contributed by atoms with Crippen molar-refractivity contribution in [2.24, 2.45) is 0 Å². The average molecular weight is 338 g/mol. The maximum absolute atomic E-state index is 11.8. The molecule has 2 heterocycles. The Hall–Kier alpha value is -2.89. The molecule has 0 radical (unpaired) electrons. The monoisotopic (exact) mass is 338 g/mol. The zero-order chi connectivity index (χ0) is 18.0. The van der Waals surface area contributed by atoms with Gasteiger partial charge in [0.05, 0.1) is 23.7 Å². The van der Waals surface area contributed by atoms with E-state index in [1.54, 1.807) is 12.1 Å². The van der Waals surface area contributed by atoms with Crippen molar-refractivity contribution in [1.29, 1.82) is 0 Å². The molecule has 6 nitrogen and oxygen atoms in total. The highest BCUT2D eigenvalue weighted by atomic mass is 16.5. The molecule has 0 amide bonds. The van der Waals surface area contributed by atoms with Crippen LogP contribution in [-0.2, 0) is 17.7 Å². The molecule has 0 unspecified atom stereocenters. The van der Waals surface area contributed by atoms with E-state index in [9.17, 15) is 4.79 Å². The summed E-state index contributed by atoms with van der Waals surface area (Å²) in [5.41, 5.74) is 8.89. The number of aryl methyl sites for hydroxylation is 1. The molecule has 2 aromatic heterocycles. The van der Waals surface area contributed by atoms with E-state index in [1.165, 1.54) is 7.11 Å². The summed E-state index contributed by atoms with van der Waals surface area (Å²) in [6, 6.07) is 5.32. The predicted molar refractivity (Wildman–Crippen MR) is 99.6 cm³/mol. The van der Waals surface area contributed by atoms with Crippen LogP contribution in [0.3, 0.4) is 0 Å². The Morgan fingerprint density at radius 3 is 2.88 bits per heavy atom. The summed E-state index contributed by atoms with van der Waals surface area (Å²) in [7, 11) is 1.36. The van der Waals surface area contributed by atoms with E-state index < -0.39 is 5.97 Å². The van der Waals surface area contributed by atoms with Crippen molar-refractivity contribution in [2.45, 2.75) is 32.7 Å². The fourth-order valence-electron chi connectivity index (χ4n) is 3.05. The van der Waals surface area contributed by atoms with Crippen molar-refractivity contribution in [1.82, 2.24) is 14.5 Å². The van der Waals surface area contributed by atoms with Gasteiger partial charge in [0.2, 0.25) is 0 Å². The maximum Gasteiger partial charge on any atom is 0.337 e. The van der Waals surface area contributed by atoms with Crippen molar-refractivity contribution in [2.75, 3.05) is 12.8 Å². The average Bonchev–Trinajstić information content (AvgIpc) is 2.98. The number of carbonyl (C=O) groups excluding carboxylic acids is 1. The minimum absolute atomic E-state index is 0.366. The van der Waals surface area contributed by atoms with Gasteiger partial charge in [-0.1, -0.05) is 19.4 Å². The first-order chi connectivity index (χ1) is 12.1. The van der Waals surface area contributed by atoms with Crippen LogP contribution in [0, 0.1) is 0 Å². The van der Waals surface area contributed by atoms with Gasteiger partial charge in [-0.15, -0.1) is 6.58 Å². The maximum atomic E-state index is 11.8.